The van der Waals surface area contributed by atoms with Crippen LogP contribution in [0.2, 0.25) is 0 Å². The number of nitrogens with zero attached hydrogens (tertiary/aromatic N) is 2. The summed E-state index contributed by atoms with van der Waals surface area (Å²) in [5.74, 6) is 1.12. The number of rotatable bonds is 7. The summed E-state index contributed by atoms with van der Waals surface area (Å²) in [6.45, 7) is 5.22. The van der Waals surface area contributed by atoms with Crippen molar-refractivity contribution in [2.75, 3.05) is 19.6 Å². The second kappa shape index (κ2) is 7.59. The predicted octanol–water partition coefficient (Wildman–Crippen LogP) is 2.49. The number of hydrogen-bond acceptors (Lipinski definition) is 3. The van der Waals surface area contributed by atoms with Crippen molar-refractivity contribution >= 4 is 16.9 Å². The number of aromatic nitrogens is 2. The molecular weight excluding hydrogens is 288 g/mol. The van der Waals surface area contributed by atoms with Crippen LogP contribution in [-0.4, -0.2) is 46.5 Å². The lowest BCUT2D eigenvalue weighted by atomic mass is 10.2. The van der Waals surface area contributed by atoms with Gasteiger partial charge in [-0.15, -0.1) is 0 Å². The van der Waals surface area contributed by atoms with E-state index in [4.69, 9.17) is 0 Å². The Morgan fingerprint density at radius 3 is 3.13 bits per heavy atom. The fourth-order valence-corrected chi connectivity index (χ4v) is 3.40. The van der Waals surface area contributed by atoms with E-state index < -0.39 is 0 Å². The maximum Gasteiger partial charge on any atom is 0.220 e. The minimum atomic E-state index is 0.157. The van der Waals surface area contributed by atoms with Crippen LogP contribution >= 0.6 is 0 Å². The van der Waals surface area contributed by atoms with Crippen molar-refractivity contribution in [1.29, 1.82) is 0 Å². The van der Waals surface area contributed by atoms with Crippen molar-refractivity contribution in [2.45, 2.75) is 45.1 Å². The van der Waals surface area contributed by atoms with Gasteiger partial charge in [-0.1, -0.05) is 19.1 Å². The molecule has 1 saturated heterocycles. The van der Waals surface area contributed by atoms with Gasteiger partial charge in [0.05, 0.1) is 11.0 Å². The van der Waals surface area contributed by atoms with Gasteiger partial charge < -0.3 is 10.3 Å². The molecule has 2 aromatic rings. The number of H-pyrrole nitrogens is 1. The summed E-state index contributed by atoms with van der Waals surface area (Å²) in [7, 11) is 0. The molecule has 1 aromatic carbocycles. The van der Waals surface area contributed by atoms with Crippen LogP contribution in [0, 0.1) is 0 Å². The Labute approximate surface area is 137 Å². The molecule has 1 atom stereocenters. The van der Waals surface area contributed by atoms with E-state index >= 15 is 0 Å². The lowest BCUT2D eigenvalue weighted by molar-refractivity contribution is -0.121. The summed E-state index contributed by atoms with van der Waals surface area (Å²) >= 11 is 0. The van der Waals surface area contributed by atoms with Crippen molar-refractivity contribution in [3.05, 3.63) is 30.1 Å². The van der Waals surface area contributed by atoms with Crippen LogP contribution in [0.1, 0.15) is 38.4 Å². The standard InChI is InChI=1S/C18H26N4O/c1-2-22-12-6-7-14(22)13-19-18(23)11-5-10-17-20-15-8-3-4-9-16(15)21-17/h3-4,8-9,14H,2,5-7,10-13H2,1H3,(H,19,23)(H,20,21)/t14-/m0/s1. The predicted molar refractivity (Wildman–Crippen MR) is 92.3 cm³/mol. The van der Waals surface area contributed by atoms with Gasteiger partial charge in [0.25, 0.3) is 0 Å². The number of aromatic amines is 1. The molecule has 2 N–H and O–H groups in total. The van der Waals surface area contributed by atoms with Gasteiger partial charge >= 0.3 is 0 Å². The molecule has 23 heavy (non-hydrogen) atoms. The maximum atomic E-state index is 12.0. The quantitative estimate of drug-likeness (QED) is 0.825. The van der Waals surface area contributed by atoms with Crippen LogP contribution in [0.5, 0.6) is 0 Å². The van der Waals surface area contributed by atoms with E-state index in [-0.39, 0.29) is 5.91 Å². The van der Waals surface area contributed by atoms with Crippen molar-refractivity contribution in [3.8, 4) is 0 Å². The molecule has 0 aliphatic carbocycles. The van der Waals surface area contributed by atoms with E-state index in [1.54, 1.807) is 0 Å². The minimum Gasteiger partial charge on any atom is -0.355 e. The fourth-order valence-electron chi connectivity index (χ4n) is 3.40. The zero-order valence-corrected chi connectivity index (χ0v) is 13.8. The van der Waals surface area contributed by atoms with Gasteiger partial charge in [-0.25, -0.2) is 4.98 Å². The van der Waals surface area contributed by atoms with Crippen molar-refractivity contribution in [3.63, 3.8) is 0 Å². The molecule has 0 radical (unpaired) electrons. The molecule has 0 unspecified atom stereocenters. The summed E-state index contributed by atoms with van der Waals surface area (Å²) in [4.78, 5) is 22.3. The van der Waals surface area contributed by atoms with Gasteiger partial charge in [0, 0.05) is 25.4 Å². The number of aryl methyl sites for hydroxylation is 1. The van der Waals surface area contributed by atoms with Crippen molar-refractivity contribution < 1.29 is 4.79 Å². The highest BCUT2D eigenvalue weighted by atomic mass is 16.1. The first-order valence-corrected chi connectivity index (χ1v) is 8.70. The molecule has 1 aromatic heterocycles. The molecule has 2 heterocycles. The first kappa shape index (κ1) is 16.0. The zero-order valence-electron chi connectivity index (χ0n) is 13.8. The topological polar surface area (TPSA) is 61.0 Å². The maximum absolute atomic E-state index is 12.0. The number of fused-ring (bicyclic) bond motifs is 1. The first-order chi connectivity index (χ1) is 11.3. The van der Waals surface area contributed by atoms with Crippen LogP contribution in [-0.2, 0) is 11.2 Å². The Bertz CT molecular complexity index is 618. The summed E-state index contributed by atoms with van der Waals surface area (Å²) in [5.41, 5.74) is 2.06. The zero-order chi connectivity index (χ0) is 16.1. The molecule has 1 aliphatic heterocycles. The Kier molecular flexibility index (Phi) is 5.28. The molecule has 0 saturated carbocycles. The van der Waals surface area contributed by atoms with Crippen LogP contribution in [0.4, 0.5) is 0 Å². The van der Waals surface area contributed by atoms with E-state index in [9.17, 15) is 4.79 Å². The SMILES string of the molecule is CCN1CCC[C@H]1CNC(=O)CCCc1nc2ccccc2[nH]1. The molecule has 5 nitrogen and oxygen atoms in total. The highest BCUT2D eigenvalue weighted by molar-refractivity contribution is 5.76. The molecule has 5 heteroatoms. The highest BCUT2D eigenvalue weighted by Gasteiger charge is 2.22. The van der Waals surface area contributed by atoms with E-state index in [1.165, 1.54) is 19.4 Å². The van der Waals surface area contributed by atoms with Crippen LogP contribution in [0.3, 0.4) is 0 Å². The Morgan fingerprint density at radius 1 is 1.43 bits per heavy atom. The van der Waals surface area contributed by atoms with Crippen LogP contribution in [0.15, 0.2) is 24.3 Å². The monoisotopic (exact) mass is 314 g/mol. The number of imidazole rings is 1. The lowest BCUT2D eigenvalue weighted by Crippen LogP contribution is -2.39. The number of benzene rings is 1. The molecule has 124 valence electrons. The largest absolute Gasteiger partial charge is 0.355 e. The van der Waals surface area contributed by atoms with Gasteiger partial charge in [-0.05, 0) is 44.5 Å². The minimum absolute atomic E-state index is 0.157. The van der Waals surface area contributed by atoms with Gasteiger partial charge in [0.15, 0.2) is 0 Å². The number of hydrogen-bond donors (Lipinski definition) is 2. The van der Waals surface area contributed by atoms with E-state index in [1.807, 2.05) is 24.3 Å². The van der Waals surface area contributed by atoms with Gasteiger partial charge in [0.1, 0.15) is 5.82 Å². The summed E-state index contributed by atoms with van der Waals surface area (Å²) in [6.07, 6.45) is 4.66. The number of carbonyl (C=O) groups excluding carboxylic acids is 1. The molecule has 1 aliphatic rings. The van der Waals surface area contributed by atoms with E-state index in [2.05, 4.69) is 27.1 Å². The number of amides is 1. The summed E-state index contributed by atoms with van der Waals surface area (Å²) in [6, 6.07) is 8.55. The third-order valence-corrected chi connectivity index (χ3v) is 4.70. The summed E-state index contributed by atoms with van der Waals surface area (Å²) < 4.78 is 0. The Hall–Kier alpha value is -1.88. The molecule has 0 bridgehead atoms. The fraction of sp³-hybridized carbons (Fsp3) is 0.556. The lowest BCUT2D eigenvalue weighted by Gasteiger charge is -2.22. The normalized spacial score (nSPS) is 18.6. The molecule has 0 spiro atoms. The second-order valence-electron chi connectivity index (χ2n) is 6.28. The molecule has 3 rings (SSSR count). The average Bonchev–Trinajstić information content (AvgIpc) is 3.18. The number of carbonyl (C=O) groups is 1. The second-order valence-corrected chi connectivity index (χ2v) is 6.28. The van der Waals surface area contributed by atoms with Gasteiger partial charge in [0.2, 0.25) is 5.91 Å². The average molecular weight is 314 g/mol. The molecule has 1 amide bonds. The Balaban J connectivity index is 1.39. The smallest absolute Gasteiger partial charge is 0.220 e. The molecular formula is C18H26N4O. The number of likely N-dealkylation sites (tertiary alicyclic amines) is 1. The summed E-state index contributed by atoms with van der Waals surface area (Å²) in [5, 5.41) is 3.09. The van der Waals surface area contributed by atoms with Crippen LogP contribution in [0.25, 0.3) is 11.0 Å². The van der Waals surface area contributed by atoms with E-state index in [0.29, 0.717) is 12.5 Å². The third kappa shape index (κ3) is 4.10. The van der Waals surface area contributed by atoms with Gasteiger partial charge in [-0.3, -0.25) is 9.69 Å². The number of likely N-dealkylation sites (N-methyl/N-ethyl adjacent to an activating group) is 1. The van der Waals surface area contributed by atoms with Crippen LogP contribution < -0.4 is 5.32 Å². The Morgan fingerprint density at radius 2 is 2.30 bits per heavy atom. The van der Waals surface area contributed by atoms with E-state index in [0.717, 1.165) is 42.8 Å². The van der Waals surface area contributed by atoms with Crippen molar-refractivity contribution in [1.82, 2.24) is 20.2 Å². The van der Waals surface area contributed by atoms with Gasteiger partial charge in [-0.2, -0.15) is 0 Å². The van der Waals surface area contributed by atoms with Crippen molar-refractivity contribution in [2.24, 2.45) is 0 Å². The molecule has 1 fully saturated rings. The first-order valence-electron chi connectivity index (χ1n) is 8.70. The number of nitrogens with one attached hydrogen (secondary N) is 2. The highest BCUT2D eigenvalue weighted by Crippen LogP contribution is 2.15. The number of para-hydroxylation sites is 2. The third-order valence-electron chi connectivity index (χ3n) is 4.70.